The van der Waals surface area contributed by atoms with Gasteiger partial charge < -0.3 is 14.6 Å². The molecule has 4 heterocycles. The van der Waals surface area contributed by atoms with E-state index in [-0.39, 0.29) is 17.8 Å². The molecule has 0 radical (unpaired) electrons. The van der Waals surface area contributed by atoms with Crippen molar-refractivity contribution in [1.29, 1.82) is 0 Å². The number of pyridine rings is 2. The zero-order valence-corrected chi connectivity index (χ0v) is 17.4. The van der Waals surface area contributed by atoms with Crippen LogP contribution in [0.15, 0.2) is 59.8 Å². The van der Waals surface area contributed by atoms with Gasteiger partial charge in [0.2, 0.25) is 0 Å². The van der Waals surface area contributed by atoms with E-state index in [1.54, 1.807) is 24.4 Å². The van der Waals surface area contributed by atoms with Gasteiger partial charge in [0.15, 0.2) is 0 Å². The van der Waals surface area contributed by atoms with Gasteiger partial charge >= 0.3 is 0 Å². The molecule has 31 heavy (non-hydrogen) atoms. The number of carbonyl (C=O) groups is 1. The number of imidazole rings is 1. The molecule has 1 N–H and O–H groups in total. The van der Waals surface area contributed by atoms with E-state index in [4.69, 9.17) is 0 Å². The topological polar surface area (TPSA) is 84.0 Å². The summed E-state index contributed by atoms with van der Waals surface area (Å²) in [5.74, 6) is 0.466. The van der Waals surface area contributed by atoms with E-state index < -0.39 is 5.91 Å². The lowest BCUT2D eigenvalue weighted by molar-refractivity contribution is 0.0945. The third-order valence-electron chi connectivity index (χ3n) is 5.52. The number of fused-ring (bicyclic) bond motifs is 2. The maximum atomic E-state index is 12.5. The molecule has 1 aliphatic carbocycles. The summed E-state index contributed by atoms with van der Waals surface area (Å²) >= 11 is 0. The summed E-state index contributed by atoms with van der Waals surface area (Å²) in [6.45, 7) is 2.30. The molecule has 8 nitrogen and oxygen atoms in total. The number of aromatic nitrogens is 4. The normalized spacial score (nSPS) is 13.9. The van der Waals surface area contributed by atoms with E-state index in [9.17, 15) is 9.59 Å². The molecule has 4 aromatic heterocycles. The van der Waals surface area contributed by atoms with Gasteiger partial charge in [-0.1, -0.05) is 12.1 Å². The second kappa shape index (κ2) is 7.96. The van der Waals surface area contributed by atoms with Crippen molar-refractivity contribution in [2.45, 2.75) is 25.9 Å². The molecule has 0 spiro atoms. The summed E-state index contributed by atoms with van der Waals surface area (Å²) in [5, 5.41) is 2.81. The summed E-state index contributed by atoms with van der Waals surface area (Å²) in [6.07, 6.45) is 8.33. The summed E-state index contributed by atoms with van der Waals surface area (Å²) < 4.78 is 3.39. The first-order valence-electron chi connectivity index (χ1n) is 10.5. The van der Waals surface area contributed by atoms with Gasteiger partial charge in [-0.15, -0.1) is 0 Å². The maximum absolute atomic E-state index is 12.5. The third-order valence-corrected chi connectivity index (χ3v) is 5.52. The van der Waals surface area contributed by atoms with Gasteiger partial charge in [0.05, 0.1) is 12.2 Å². The second-order valence-electron chi connectivity index (χ2n) is 8.27. The summed E-state index contributed by atoms with van der Waals surface area (Å²) in [4.78, 5) is 35.9. The van der Waals surface area contributed by atoms with Crippen LogP contribution in [0.25, 0.3) is 11.3 Å². The number of rotatable bonds is 7. The quantitative estimate of drug-likeness (QED) is 0.499. The first-order valence-corrected chi connectivity index (χ1v) is 10.5. The van der Waals surface area contributed by atoms with Crippen molar-refractivity contribution in [3.63, 3.8) is 0 Å². The Morgan fingerprint density at radius 1 is 1.16 bits per heavy atom. The van der Waals surface area contributed by atoms with Crippen LogP contribution < -0.4 is 10.9 Å². The molecule has 1 fully saturated rings. The SMILES string of the molecule is CN(Cc1ccc2nc(CNC(=O)c3cc(=O)n4ccccc4n3)cn2c1)CC1CC1. The number of nitrogens with zero attached hydrogens (tertiary/aromatic N) is 5. The minimum atomic E-state index is -0.400. The lowest BCUT2D eigenvalue weighted by Crippen LogP contribution is -2.27. The van der Waals surface area contributed by atoms with Crippen LogP contribution in [-0.4, -0.2) is 43.2 Å². The van der Waals surface area contributed by atoms with Crippen LogP contribution in [0.4, 0.5) is 0 Å². The standard InChI is InChI=1S/C23H24N6O2/c1-27(12-16-5-6-16)13-17-7-8-20-25-18(15-28(20)14-17)11-24-23(31)19-10-22(30)29-9-3-2-4-21(29)26-19/h2-4,7-10,14-16H,5-6,11-13H2,1H3,(H,24,31). The highest BCUT2D eigenvalue weighted by Gasteiger charge is 2.22. The lowest BCUT2D eigenvalue weighted by Gasteiger charge is -2.16. The maximum Gasteiger partial charge on any atom is 0.270 e. The monoisotopic (exact) mass is 416 g/mol. The molecule has 0 bridgehead atoms. The molecule has 0 atom stereocenters. The van der Waals surface area contributed by atoms with Crippen molar-refractivity contribution in [2.24, 2.45) is 5.92 Å². The molecule has 1 aliphatic rings. The highest BCUT2D eigenvalue weighted by Crippen LogP contribution is 2.29. The molecule has 5 rings (SSSR count). The van der Waals surface area contributed by atoms with Crippen LogP contribution in [-0.2, 0) is 13.1 Å². The van der Waals surface area contributed by atoms with Gasteiger partial charge in [-0.2, -0.15) is 0 Å². The molecule has 0 saturated heterocycles. The van der Waals surface area contributed by atoms with Crippen LogP contribution in [0.1, 0.15) is 34.6 Å². The highest BCUT2D eigenvalue weighted by molar-refractivity contribution is 5.92. The third kappa shape index (κ3) is 4.34. The number of amides is 1. The van der Waals surface area contributed by atoms with Crippen molar-refractivity contribution >= 4 is 17.2 Å². The number of carbonyl (C=O) groups excluding carboxylic acids is 1. The van der Waals surface area contributed by atoms with E-state index in [1.807, 2.05) is 16.7 Å². The van der Waals surface area contributed by atoms with Crippen molar-refractivity contribution in [3.8, 4) is 0 Å². The molecule has 0 unspecified atom stereocenters. The van der Waals surface area contributed by atoms with Gasteiger partial charge in [0.1, 0.15) is 17.0 Å². The Kier molecular flexibility index (Phi) is 4.99. The van der Waals surface area contributed by atoms with E-state index in [0.29, 0.717) is 5.65 Å². The van der Waals surface area contributed by atoms with E-state index >= 15 is 0 Å². The van der Waals surface area contributed by atoms with Crippen molar-refractivity contribution in [1.82, 2.24) is 29.0 Å². The van der Waals surface area contributed by atoms with Gasteiger partial charge in [0.25, 0.3) is 11.5 Å². The van der Waals surface area contributed by atoms with E-state index in [1.165, 1.54) is 28.9 Å². The zero-order valence-electron chi connectivity index (χ0n) is 17.4. The Labute approximate surface area is 179 Å². The number of hydrogen-bond donors (Lipinski definition) is 1. The smallest absolute Gasteiger partial charge is 0.270 e. The predicted molar refractivity (Wildman–Crippen MR) is 117 cm³/mol. The van der Waals surface area contributed by atoms with E-state index in [2.05, 4.69) is 39.5 Å². The minimum absolute atomic E-state index is 0.0981. The molecule has 158 valence electrons. The van der Waals surface area contributed by atoms with Gasteiger partial charge in [-0.3, -0.25) is 14.0 Å². The summed E-state index contributed by atoms with van der Waals surface area (Å²) in [5.41, 5.74) is 3.05. The molecule has 1 saturated carbocycles. The number of nitrogens with one attached hydrogen (secondary N) is 1. The molecule has 0 aliphatic heterocycles. The lowest BCUT2D eigenvalue weighted by atomic mass is 10.2. The van der Waals surface area contributed by atoms with Crippen LogP contribution in [0, 0.1) is 5.92 Å². The summed E-state index contributed by atoms with van der Waals surface area (Å²) in [7, 11) is 2.16. The molecular formula is C23H24N6O2. The Hall–Kier alpha value is -3.52. The Bertz CT molecular complexity index is 1320. The molecule has 4 aromatic rings. The molecule has 8 heteroatoms. The fourth-order valence-electron chi connectivity index (χ4n) is 3.82. The van der Waals surface area contributed by atoms with Gasteiger partial charge in [-0.05, 0) is 49.6 Å². The molecule has 1 amide bonds. The van der Waals surface area contributed by atoms with Crippen molar-refractivity contribution in [3.05, 3.63) is 82.3 Å². The summed E-state index contributed by atoms with van der Waals surface area (Å²) in [6, 6.07) is 10.6. The van der Waals surface area contributed by atoms with Gasteiger partial charge in [-0.25, -0.2) is 9.97 Å². The van der Waals surface area contributed by atoms with Crippen LogP contribution in [0.5, 0.6) is 0 Å². The largest absolute Gasteiger partial charge is 0.345 e. The highest BCUT2D eigenvalue weighted by atomic mass is 16.2. The number of hydrogen-bond acceptors (Lipinski definition) is 5. The average molecular weight is 416 g/mol. The fourth-order valence-corrected chi connectivity index (χ4v) is 3.82. The predicted octanol–water partition coefficient (Wildman–Crippen LogP) is 2.11. The van der Waals surface area contributed by atoms with Crippen LogP contribution in [0.3, 0.4) is 0 Å². The Balaban J connectivity index is 1.27. The van der Waals surface area contributed by atoms with Crippen LogP contribution >= 0.6 is 0 Å². The van der Waals surface area contributed by atoms with Gasteiger partial charge in [0, 0.05) is 37.7 Å². The van der Waals surface area contributed by atoms with Crippen molar-refractivity contribution in [2.75, 3.05) is 13.6 Å². The first-order chi connectivity index (χ1) is 15.0. The molecular weight excluding hydrogens is 392 g/mol. The van der Waals surface area contributed by atoms with Crippen LogP contribution in [0.2, 0.25) is 0 Å². The first kappa shape index (κ1) is 19.4. The fraction of sp³-hybridized carbons (Fsp3) is 0.304. The Morgan fingerprint density at radius 2 is 2.03 bits per heavy atom. The Morgan fingerprint density at radius 3 is 2.87 bits per heavy atom. The zero-order chi connectivity index (χ0) is 21.4. The second-order valence-corrected chi connectivity index (χ2v) is 8.27. The average Bonchev–Trinajstić information content (AvgIpc) is 3.47. The minimum Gasteiger partial charge on any atom is -0.345 e. The van der Waals surface area contributed by atoms with E-state index in [0.717, 1.165) is 30.3 Å². The van der Waals surface area contributed by atoms with Crippen molar-refractivity contribution < 1.29 is 4.79 Å². The molecule has 0 aromatic carbocycles.